The van der Waals surface area contributed by atoms with Gasteiger partial charge in [0.2, 0.25) is 0 Å². The van der Waals surface area contributed by atoms with Gasteiger partial charge in [-0.25, -0.2) is 4.98 Å². The number of aliphatic carboxylic acids is 1. The zero-order valence-corrected chi connectivity index (χ0v) is 7.41. The Balaban J connectivity index is 2.16. The number of hydrogen-bond donors (Lipinski definition) is 2. The number of carboxylic acids is 1. The van der Waals surface area contributed by atoms with Crippen LogP contribution in [0.3, 0.4) is 0 Å². The molecular formula is C8H12N2O3. The molecule has 5 nitrogen and oxygen atoms in total. The van der Waals surface area contributed by atoms with Crippen LogP contribution in [0.15, 0.2) is 10.6 Å². The minimum Gasteiger partial charge on any atom is -0.481 e. The summed E-state index contributed by atoms with van der Waals surface area (Å²) in [6, 6.07) is 0.447. The van der Waals surface area contributed by atoms with Gasteiger partial charge in [0.1, 0.15) is 5.76 Å². The van der Waals surface area contributed by atoms with Crippen molar-refractivity contribution in [3.8, 4) is 0 Å². The van der Waals surface area contributed by atoms with Gasteiger partial charge in [0.15, 0.2) is 0 Å². The molecular weight excluding hydrogens is 172 g/mol. The molecule has 1 heterocycles. The van der Waals surface area contributed by atoms with Crippen LogP contribution in [0.5, 0.6) is 0 Å². The molecule has 1 rings (SSSR count). The van der Waals surface area contributed by atoms with E-state index in [9.17, 15) is 4.79 Å². The van der Waals surface area contributed by atoms with E-state index in [0.717, 1.165) is 5.76 Å². The molecule has 0 atom stereocenters. The summed E-state index contributed by atoms with van der Waals surface area (Å²) in [5.74, 6) is -0.0499. The Hall–Kier alpha value is -1.52. The van der Waals surface area contributed by atoms with E-state index < -0.39 is 5.97 Å². The first-order chi connectivity index (χ1) is 6.18. The highest BCUT2D eigenvalue weighted by Crippen LogP contribution is 2.06. The standard InChI is InChI=1S/C8H12N2O3/c1-6-5-10-8(13-6)9-4-2-3-7(11)12/h5H,2-4H2,1H3,(H,9,10)(H,11,12). The normalized spacial score (nSPS) is 9.92. The smallest absolute Gasteiger partial charge is 0.303 e. The van der Waals surface area contributed by atoms with Gasteiger partial charge in [0.25, 0.3) is 6.01 Å². The van der Waals surface area contributed by atoms with E-state index in [1.54, 1.807) is 13.1 Å². The molecule has 0 spiro atoms. The van der Waals surface area contributed by atoms with Crippen LogP contribution >= 0.6 is 0 Å². The third-order valence-corrected chi connectivity index (χ3v) is 1.46. The summed E-state index contributed by atoms with van der Waals surface area (Å²) in [7, 11) is 0. The Morgan fingerprint density at radius 1 is 1.77 bits per heavy atom. The minimum atomic E-state index is -0.787. The summed E-state index contributed by atoms with van der Waals surface area (Å²) in [6.07, 6.45) is 2.34. The molecule has 1 aromatic rings. The first-order valence-corrected chi connectivity index (χ1v) is 4.06. The summed E-state index contributed by atoms with van der Waals surface area (Å²) >= 11 is 0. The fourth-order valence-corrected chi connectivity index (χ4v) is 0.871. The number of rotatable bonds is 5. The van der Waals surface area contributed by atoms with Gasteiger partial charge in [0, 0.05) is 13.0 Å². The Labute approximate surface area is 75.8 Å². The predicted octanol–water partition coefficient (Wildman–Crippen LogP) is 1.26. The van der Waals surface area contributed by atoms with Crippen molar-refractivity contribution < 1.29 is 14.3 Å². The summed E-state index contributed by atoms with van der Waals surface area (Å²) in [4.78, 5) is 14.1. The van der Waals surface area contributed by atoms with Crippen LogP contribution in [-0.4, -0.2) is 22.6 Å². The topological polar surface area (TPSA) is 75.4 Å². The van der Waals surface area contributed by atoms with E-state index in [2.05, 4.69) is 10.3 Å². The number of carboxylic acid groups (broad SMARTS) is 1. The number of aryl methyl sites for hydroxylation is 1. The molecule has 5 heteroatoms. The number of nitrogens with one attached hydrogen (secondary N) is 1. The Morgan fingerprint density at radius 2 is 2.54 bits per heavy atom. The van der Waals surface area contributed by atoms with Gasteiger partial charge in [-0.3, -0.25) is 4.79 Å². The van der Waals surface area contributed by atoms with E-state index >= 15 is 0 Å². The number of anilines is 1. The van der Waals surface area contributed by atoms with E-state index in [4.69, 9.17) is 9.52 Å². The monoisotopic (exact) mass is 184 g/mol. The molecule has 0 aliphatic carbocycles. The molecule has 0 amide bonds. The molecule has 0 radical (unpaired) electrons. The van der Waals surface area contributed by atoms with Gasteiger partial charge < -0.3 is 14.8 Å². The molecule has 72 valence electrons. The van der Waals surface area contributed by atoms with E-state index in [0.29, 0.717) is 19.0 Å². The fourth-order valence-electron chi connectivity index (χ4n) is 0.871. The first-order valence-electron chi connectivity index (χ1n) is 4.06. The van der Waals surface area contributed by atoms with Crippen LogP contribution in [-0.2, 0) is 4.79 Å². The molecule has 0 fully saturated rings. The Kier molecular flexibility index (Phi) is 3.31. The van der Waals surface area contributed by atoms with Crippen molar-refractivity contribution in [1.29, 1.82) is 0 Å². The van der Waals surface area contributed by atoms with Crippen LogP contribution in [0, 0.1) is 6.92 Å². The van der Waals surface area contributed by atoms with Crippen LogP contribution in [0.4, 0.5) is 6.01 Å². The van der Waals surface area contributed by atoms with Crippen molar-refractivity contribution in [3.63, 3.8) is 0 Å². The summed E-state index contributed by atoms with van der Waals surface area (Å²) in [6.45, 7) is 2.36. The van der Waals surface area contributed by atoms with Crippen molar-refractivity contribution in [2.24, 2.45) is 0 Å². The molecule has 0 bridgehead atoms. The highest BCUT2D eigenvalue weighted by Gasteiger charge is 1.99. The maximum atomic E-state index is 10.1. The maximum absolute atomic E-state index is 10.1. The van der Waals surface area contributed by atoms with Crippen LogP contribution in [0.1, 0.15) is 18.6 Å². The van der Waals surface area contributed by atoms with Gasteiger partial charge in [0.05, 0.1) is 6.20 Å². The van der Waals surface area contributed by atoms with Gasteiger partial charge in [-0.05, 0) is 13.3 Å². The Morgan fingerprint density at radius 3 is 3.08 bits per heavy atom. The second kappa shape index (κ2) is 4.49. The van der Waals surface area contributed by atoms with Gasteiger partial charge in [-0.1, -0.05) is 0 Å². The third kappa shape index (κ3) is 3.59. The van der Waals surface area contributed by atoms with Crippen LogP contribution in [0.25, 0.3) is 0 Å². The van der Waals surface area contributed by atoms with Crippen molar-refractivity contribution in [2.75, 3.05) is 11.9 Å². The second-order valence-electron chi connectivity index (χ2n) is 2.70. The quantitative estimate of drug-likeness (QED) is 0.674. The number of hydrogen-bond acceptors (Lipinski definition) is 4. The molecule has 0 aliphatic rings. The van der Waals surface area contributed by atoms with Gasteiger partial charge in [-0.2, -0.15) is 0 Å². The highest BCUT2D eigenvalue weighted by molar-refractivity contribution is 5.66. The number of nitrogens with zero attached hydrogens (tertiary/aromatic N) is 1. The number of oxazole rings is 1. The van der Waals surface area contributed by atoms with Crippen molar-refractivity contribution in [2.45, 2.75) is 19.8 Å². The molecule has 13 heavy (non-hydrogen) atoms. The summed E-state index contributed by atoms with van der Waals surface area (Å²) in [5.41, 5.74) is 0. The van der Waals surface area contributed by atoms with Crippen LogP contribution in [0.2, 0.25) is 0 Å². The average molecular weight is 184 g/mol. The van der Waals surface area contributed by atoms with E-state index in [-0.39, 0.29) is 6.42 Å². The fraction of sp³-hybridized carbons (Fsp3) is 0.500. The maximum Gasteiger partial charge on any atom is 0.303 e. The highest BCUT2D eigenvalue weighted by atomic mass is 16.4. The molecule has 0 saturated heterocycles. The molecule has 2 N–H and O–H groups in total. The lowest BCUT2D eigenvalue weighted by molar-refractivity contribution is -0.137. The van der Waals surface area contributed by atoms with Gasteiger partial charge >= 0.3 is 5.97 Å². The summed E-state index contributed by atoms with van der Waals surface area (Å²) < 4.78 is 5.12. The lowest BCUT2D eigenvalue weighted by Gasteiger charge is -1.98. The summed E-state index contributed by atoms with van der Waals surface area (Å²) in [5, 5.41) is 11.2. The Bertz CT molecular complexity index is 283. The zero-order valence-electron chi connectivity index (χ0n) is 7.41. The largest absolute Gasteiger partial charge is 0.481 e. The molecule has 0 aromatic carbocycles. The lowest BCUT2D eigenvalue weighted by Crippen LogP contribution is -2.04. The molecule has 0 unspecified atom stereocenters. The van der Waals surface area contributed by atoms with E-state index in [1.165, 1.54) is 0 Å². The SMILES string of the molecule is Cc1cnc(NCCCC(=O)O)o1. The van der Waals surface area contributed by atoms with Crippen molar-refractivity contribution in [1.82, 2.24) is 4.98 Å². The predicted molar refractivity (Wildman–Crippen MR) is 46.6 cm³/mol. The molecule has 0 aliphatic heterocycles. The number of carbonyl (C=O) groups is 1. The minimum absolute atomic E-state index is 0.159. The van der Waals surface area contributed by atoms with Crippen molar-refractivity contribution >= 4 is 12.0 Å². The molecule has 1 aromatic heterocycles. The number of aromatic nitrogens is 1. The average Bonchev–Trinajstić information content (AvgIpc) is 2.45. The van der Waals surface area contributed by atoms with Crippen molar-refractivity contribution in [3.05, 3.63) is 12.0 Å². The van der Waals surface area contributed by atoms with Gasteiger partial charge in [-0.15, -0.1) is 0 Å². The zero-order chi connectivity index (χ0) is 9.68. The lowest BCUT2D eigenvalue weighted by atomic mass is 10.3. The van der Waals surface area contributed by atoms with E-state index in [1.807, 2.05) is 0 Å². The van der Waals surface area contributed by atoms with Crippen LogP contribution < -0.4 is 5.32 Å². The first kappa shape index (κ1) is 9.57. The second-order valence-corrected chi connectivity index (χ2v) is 2.70. The third-order valence-electron chi connectivity index (χ3n) is 1.46. The molecule has 0 saturated carbocycles.